The zero-order valence-corrected chi connectivity index (χ0v) is 23.9. The first kappa shape index (κ1) is 25.4. The molecule has 7 heteroatoms. The number of pyridine rings is 1. The topological polar surface area (TPSA) is 69.6 Å². The first-order valence-corrected chi connectivity index (χ1v) is 14.7. The van der Waals surface area contributed by atoms with E-state index in [0.29, 0.717) is 23.1 Å². The van der Waals surface area contributed by atoms with E-state index in [1.807, 2.05) is 97.2 Å². The van der Waals surface area contributed by atoms with Crippen LogP contribution < -0.4 is 5.46 Å². The summed E-state index contributed by atoms with van der Waals surface area (Å²) in [5.41, 5.74) is 8.22. The summed E-state index contributed by atoms with van der Waals surface area (Å²) in [6.07, 6.45) is 3.71. The minimum atomic E-state index is 0.545. The Bertz CT molecular complexity index is 2500. The second-order valence-corrected chi connectivity index (χ2v) is 11.0. The molecule has 4 heterocycles. The van der Waals surface area contributed by atoms with E-state index in [1.165, 1.54) is 0 Å². The van der Waals surface area contributed by atoms with Crippen LogP contribution in [0.3, 0.4) is 0 Å². The second kappa shape index (κ2) is 10.00. The third-order valence-electron chi connectivity index (χ3n) is 8.31. The van der Waals surface area contributed by atoms with Crippen LogP contribution in [0.1, 0.15) is 0 Å². The lowest BCUT2D eigenvalue weighted by atomic mass is 9.90. The fourth-order valence-corrected chi connectivity index (χ4v) is 6.19. The normalized spacial score (nSPS) is 11.6. The Morgan fingerprint density at radius 1 is 0.533 bits per heavy atom. The number of hydrogen-bond donors (Lipinski definition) is 0. The van der Waals surface area contributed by atoms with Crippen LogP contribution in [0.15, 0.2) is 138 Å². The van der Waals surface area contributed by atoms with E-state index >= 15 is 0 Å². The van der Waals surface area contributed by atoms with Gasteiger partial charge in [0.15, 0.2) is 11.6 Å². The second-order valence-electron chi connectivity index (χ2n) is 11.0. The first-order chi connectivity index (χ1) is 22.2. The average Bonchev–Trinajstić information content (AvgIpc) is 3.64. The quantitative estimate of drug-likeness (QED) is 0.199. The minimum Gasteiger partial charge on any atom is -0.456 e. The molecule has 4 aromatic heterocycles. The fraction of sp³-hybridized carbons (Fsp3) is 0. The molecule has 0 saturated heterocycles. The zero-order valence-electron chi connectivity index (χ0n) is 23.9. The molecule has 0 unspecified atom stereocenters. The standard InChI is InChI=1S/C38H22BN5O/c39-30-12-7-13-34-35(30)28-21-26(15-17-33(28)45-34)25-14-16-31-27(20-25)29-22-40-19-18-32(29)44(31)38-42-36(23-8-3-1-4-9-23)41-37(43-38)24-10-5-2-6-11-24/h1-22H. The molecule has 0 aliphatic rings. The van der Waals surface area contributed by atoms with Crippen molar-refractivity contribution in [3.63, 3.8) is 0 Å². The summed E-state index contributed by atoms with van der Waals surface area (Å²) in [4.78, 5) is 19.4. The molecule has 0 amide bonds. The maximum atomic E-state index is 6.36. The number of benzene rings is 5. The van der Waals surface area contributed by atoms with Gasteiger partial charge < -0.3 is 4.42 Å². The van der Waals surface area contributed by atoms with Crippen molar-refractivity contribution in [2.75, 3.05) is 0 Å². The minimum absolute atomic E-state index is 0.545. The molecule has 0 bridgehead atoms. The van der Waals surface area contributed by atoms with Crippen LogP contribution in [0.25, 0.3) is 83.6 Å². The zero-order chi connectivity index (χ0) is 29.9. The van der Waals surface area contributed by atoms with Gasteiger partial charge in [0.2, 0.25) is 5.95 Å². The molecule has 9 rings (SSSR count). The van der Waals surface area contributed by atoms with Gasteiger partial charge in [-0.1, -0.05) is 90.4 Å². The third kappa shape index (κ3) is 4.13. The van der Waals surface area contributed by atoms with Crippen LogP contribution in [0.4, 0.5) is 0 Å². The van der Waals surface area contributed by atoms with Crippen molar-refractivity contribution in [1.29, 1.82) is 0 Å². The number of nitrogens with zero attached hydrogens (tertiary/aromatic N) is 5. The molecule has 45 heavy (non-hydrogen) atoms. The highest BCUT2D eigenvalue weighted by atomic mass is 16.3. The predicted octanol–water partition coefficient (Wildman–Crippen LogP) is 8.06. The van der Waals surface area contributed by atoms with E-state index in [9.17, 15) is 0 Å². The molecule has 0 N–H and O–H groups in total. The van der Waals surface area contributed by atoms with E-state index in [1.54, 1.807) is 6.20 Å². The van der Waals surface area contributed by atoms with Crippen LogP contribution >= 0.6 is 0 Å². The molecule has 0 atom stereocenters. The molecule has 0 aliphatic heterocycles. The van der Waals surface area contributed by atoms with Crippen LogP contribution in [-0.2, 0) is 0 Å². The van der Waals surface area contributed by atoms with Crippen molar-refractivity contribution in [2.24, 2.45) is 0 Å². The SMILES string of the molecule is [B]c1cccc2oc3ccc(-c4ccc5c(c4)c4cnccc4n5-c4nc(-c5ccccc5)nc(-c5ccccc5)n4)cc3c12. The van der Waals surface area contributed by atoms with Crippen LogP contribution in [0.2, 0.25) is 0 Å². The Morgan fingerprint density at radius 3 is 1.93 bits per heavy atom. The van der Waals surface area contributed by atoms with E-state index in [-0.39, 0.29) is 0 Å². The summed E-state index contributed by atoms with van der Waals surface area (Å²) < 4.78 is 8.18. The molecule has 0 fully saturated rings. The van der Waals surface area contributed by atoms with E-state index in [0.717, 1.165) is 66.0 Å². The highest BCUT2D eigenvalue weighted by Gasteiger charge is 2.19. The Morgan fingerprint density at radius 2 is 1.20 bits per heavy atom. The summed E-state index contributed by atoms with van der Waals surface area (Å²) in [5.74, 6) is 1.77. The summed E-state index contributed by atoms with van der Waals surface area (Å²) in [5, 5.41) is 4.00. The van der Waals surface area contributed by atoms with Crippen molar-refractivity contribution < 1.29 is 4.42 Å². The third-order valence-corrected chi connectivity index (χ3v) is 8.31. The smallest absolute Gasteiger partial charge is 0.238 e. The van der Waals surface area contributed by atoms with Gasteiger partial charge in [-0.25, -0.2) is 4.98 Å². The first-order valence-electron chi connectivity index (χ1n) is 14.7. The van der Waals surface area contributed by atoms with Crippen molar-refractivity contribution in [3.05, 3.63) is 134 Å². The Kier molecular flexibility index (Phi) is 5.65. The molecule has 0 saturated carbocycles. The predicted molar refractivity (Wildman–Crippen MR) is 181 cm³/mol. The Balaban J connectivity index is 1.27. The van der Waals surface area contributed by atoms with Crippen LogP contribution in [-0.4, -0.2) is 32.3 Å². The molecule has 0 spiro atoms. The van der Waals surface area contributed by atoms with Gasteiger partial charge in [0.1, 0.15) is 19.0 Å². The van der Waals surface area contributed by atoms with Crippen LogP contribution in [0.5, 0.6) is 0 Å². The van der Waals surface area contributed by atoms with Crippen molar-refractivity contribution in [1.82, 2.24) is 24.5 Å². The Hall–Kier alpha value is -6.08. The average molecular weight is 575 g/mol. The van der Waals surface area contributed by atoms with E-state index < -0.39 is 0 Å². The van der Waals surface area contributed by atoms with Gasteiger partial charge >= 0.3 is 0 Å². The van der Waals surface area contributed by atoms with Gasteiger partial charge in [0.25, 0.3) is 0 Å². The molecule has 0 aliphatic carbocycles. The van der Waals surface area contributed by atoms with Gasteiger partial charge in [-0.05, 0) is 47.5 Å². The Labute approximate surface area is 259 Å². The van der Waals surface area contributed by atoms with Gasteiger partial charge in [0, 0.05) is 45.1 Å². The van der Waals surface area contributed by atoms with Crippen molar-refractivity contribution in [3.8, 4) is 39.9 Å². The number of rotatable bonds is 4. The molecule has 5 aromatic carbocycles. The van der Waals surface area contributed by atoms with Gasteiger partial charge in [-0.3, -0.25) is 9.55 Å². The molecular weight excluding hydrogens is 553 g/mol. The summed E-state index contributed by atoms with van der Waals surface area (Å²) in [6, 6.07) is 40.5. The lowest BCUT2D eigenvalue weighted by molar-refractivity contribution is 0.669. The number of furan rings is 1. The monoisotopic (exact) mass is 575 g/mol. The maximum Gasteiger partial charge on any atom is 0.238 e. The van der Waals surface area contributed by atoms with E-state index in [4.69, 9.17) is 27.2 Å². The summed E-state index contributed by atoms with van der Waals surface area (Å²) >= 11 is 0. The molecule has 2 radical (unpaired) electrons. The van der Waals surface area contributed by atoms with E-state index in [2.05, 4.69) is 39.9 Å². The largest absolute Gasteiger partial charge is 0.456 e. The van der Waals surface area contributed by atoms with Gasteiger partial charge in [0.05, 0.1) is 11.0 Å². The summed E-state index contributed by atoms with van der Waals surface area (Å²) in [7, 11) is 6.36. The van der Waals surface area contributed by atoms with Crippen molar-refractivity contribution in [2.45, 2.75) is 0 Å². The number of hydrogen-bond acceptors (Lipinski definition) is 5. The van der Waals surface area contributed by atoms with Crippen LogP contribution in [0, 0.1) is 0 Å². The van der Waals surface area contributed by atoms with Gasteiger partial charge in [-0.15, -0.1) is 0 Å². The summed E-state index contributed by atoms with van der Waals surface area (Å²) in [6.45, 7) is 0. The highest BCUT2D eigenvalue weighted by molar-refractivity contribution is 6.41. The lowest BCUT2D eigenvalue weighted by Crippen LogP contribution is -2.06. The van der Waals surface area contributed by atoms with Crippen molar-refractivity contribution >= 4 is 57.1 Å². The fourth-order valence-electron chi connectivity index (χ4n) is 6.19. The highest BCUT2D eigenvalue weighted by Crippen LogP contribution is 2.36. The molecular formula is C38H22BN5O. The lowest BCUT2D eigenvalue weighted by Gasteiger charge is -2.11. The molecule has 208 valence electrons. The maximum absolute atomic E-state index is 6.36. The number of aromatic nitrogens is 5. The molecule has 9 aromatic rings. The number of fused-ring (bicyclic) bond motifs is 6. The molecule has 6 nitrogen and oxygen atoms in total. The van der Waals surface area contributed by atoms with Gasteiger partial charge in [-0.2, -0.15) is 9.97 Å².